The average Bonchev–Trinajstić information content (AvgIpc) is 1.44. The van der Waals surface area contributed by atoms with Crippen LogP contribution < -0.4 is 0 Å². The van der Waals surface area contributed by atoms with E-state index >= 15 is 0 Å². The van der Waals surface area contributed by atoms with Crippen molar-refractivity contribution in [3.05, 3.63) is 0 Å². The van der Waals surface area contributed by atoms with Gasteiger partial charge >= 0.3 is 0 Å². The maximum Gasteiger partial charge on any atom is 0.0135 e. The summed E-state index contributed by atoms with van der Waals surface area (Å²) in [5, 5.41) is 0. The molecule has 80 valence electrons. The van der Waals surface area contributed by atoms with Crippen molar-refractivity contribution in [3.63, 3.8) is 0 Å². The van der Waals surface area contributed by atoms with E-state index in [0.717, 1.165) is 0 Å². The lowest BCUT2D eigenvalue weighted by Crippen LogP contribution is -2.60. The Morgan fingerprint density at radius 3 is 0.615 bits per heavy atom. The molecule has 0 aromatic rings. The van der Waals surface area contributed by atoms with Crippen molar-refractivity contribution in [2.24, 2.45) is 0 Å². The van der Waals surface area contributed by atoms with Crippen molar-refractivity contribution in [2.45, 2.75) is 78.9 Å². The maximum atomic E-state index is 2.56. The lowest BCUT2D eigenvalue weighted by molar-refractivity contribution is -0.0402. The van der Waals surface area contributed by atoms with Crippen LogP contribution in [0.5, 0.6) is 0 Å². The van der Waals surface area contributed by atoms with Crippen molar-refractivity contribution >= 4 is 0 Å². The highest BCUT2D eigenvalue weighted by Crippen LogP contribution is 2.32. The van der Waals surface area contributed by atoms with E-state index in [1.165, 1.54) is 0 Å². The van der Waals surface area contributed by atoms with Gasteiger partial charge in [-0.15, -0.1) is 0 Å². The van der Waals surface area contributed by atoms with E-state index in [2.05, 4.69) is 67.2 Å². The quantitative estimate of drug-likeness (QED) is 0.556. The molecule has 0 bridgehead atoms. The van der Waals surface area contributed by atoms with E-state index in [0.29, 0.717) is 0 Å². The molecule has 0 aliphatic heterocycles. The van der Waals surface area contributed by atoms with Gasteiger partial charge in [0.1, 0.15) is 0 Å². The summed E-state index contributed by atoms with van der Waals surface area (Å²) in [6.07, 6.45) is 0. The van der Waals surface area contributed by atoms with Crippen LogP contribution in [0.2, 0.25) is 0 Å². The van der Waals surface area contributed by atoms with Gasteiger partial charge in [-0.05, 0) is 62.3 Å². The van der Waals surface area contributed by atoms with Gasteiger partial charge in [0.25, 0.3) is 0 Å². The van der Waals surface area contributed by atoms with Crippen LogP contribution in [0.3, 0.4) is 0 Å². The van der Waals surface area contributed by atoms with Crippen molar-refractivity contribution in [1.29, 1.82) is 0 Å². The Labute approximate surface area is 84.5 Å². The van der Waals surface area contributed by atoms with Crippen LogP contribution in [0.15, 0.2) is 0 Å². The Hall–Kier alpha value is -0.0400. The summed E-state index contributed by atoms with van der Waals surface area (Å²) in [7, 11) is 0. The van der Waals surface area contributed by atoms with Gasteiger partial charge in [-0.1, -0.05) is 0 Å². The summed E-state index contributed by atoms with van der Waals surface area (Å²) in [6.45, 7) is 20.5. The van der Waals surface area contributed by atoms with Crippen LogP contribution >= 0.6 is 0 Å². The Morgan fingerprint density at radius 1 is 0.462 bits per heavy atom. The molecule has 0 amide bonds. The fourth-order valence-electron chi connectivity index (χ4n) is 3.02. The zero-order chi connectivity index (χ0) is 11.1. The van der Waals surface area contributed by atoms with Gasteiger partial charge in [0.05, 0.1) is 0 Å². The number of hydrogen-bond donors (Lipinski definition) is 0. The minimum atomic E-state index is 0.219. The molecule has 0 aliphatic carbocycles. The number of rotatable bonds is 0. The summed E-state index contributed by atoms with van der Waals surface area (Å²) in [5.41, 5.74) is 0.656. The van der Waals surface area contributed by atoms with Gasteiger partial charge < -0.3 is 0 Å². The maximum absolute atomic E-state index is 2.56. The average molecular weight is 185 g/mol. The zero-order valence-corrected chi connectivity index (χ0v) is 10.9. The molecule has 0 saturated heterocycles. The van der Waals surface area contributed by atoms with Crippen LogP contribution in [0.1, 0.15) is 62.3 Å². The van der Waals surface area contributed by atoms with Gasteiger partial charge in [-0.2, -0.15) is 0 Å². The summed E-state index contributed by atoms with van der Waals surface area (Å²) >= 11 is 0. The van der Waals surface area contributed by atoms with E-state index in [1.54, 1.807) is 0 Å². The summed E-state index contributed by atoms with van der Waals surface area (Å²) in [5.74, 6) is 0. The first kappa shape index (κ1) is 13.0. The molecular weight excluding hydrogens is 158 g/mol. The van der Waals surface area contributed by atoms with Crippen molar-refractivity contribution in [1.82, 2.24) is 4.90 Å². The topological polar surface area (TPSA) is 3.24 Å². The first-order valence-corrected chi connectivity index (χ1v) is 5.17. The van der Waals surface area contributed by atoms with Crippen LogP contribution in [0.25, 0.3) is 0 Å². The normalized spacial score (nSPS) is 15.2. The van der Waals surface area contributed by atoms with Crippen molar-refractivity contribution in [3.8, 4) is 0 Å². The summed E-state index contributed by atoms with van der Waals surface area (Å²) in [4.78, 5) is 2.56. The molecule has 0 radical (unpaired) electrons. The van der Waals surface area contributed by atoms with E-state index in [1.807, 2.05) is 0 Å². The Morgan fingerprint density at radius 2 is 0.615 bits per heavy atom. The minimum absolute atomic E-state index is 0.219. The van der Waals surface area contributed by atoms with E-state index < -0.39 is 0 Å². The standard InChI is InChI=1S/C12H27N/c1-10(2,3)13(11(4,5)6)12(7,8)9/h1-9H3. The fourth-order valence-corrected chi connectivity index (χ4v) is 3.02. The van der Waals surface area contributed by atoms with E-state index in [9.17, 15) is 0 Å². The number of hydrogen-bond acceptors (Lipinski definition) is 1. The molecular formula is C12H27N. The van der Waals surface area contributed by atoms with Crippen LogP contribution in [0.4, 0.5) is 0 Å². The molecule has 0 atom stereocenters. The third kappa shape index (κ3) is 3.68. The third-order valence-electron chi connectivity index (χ3n) is 2.01. The third-order valence-corrected chi connectivity index (χ3v) is 2.01. The van der Waals surface area contributed by atoms with Gasteiger partial charge in [0.2, 0.25) is 0 Å². The van der Waals surface area contributed by atoms with E-state index in [-0.39, 0.29) is 16.6 Å². The predicted molar refractivity (Wildman–Crippen MR) is 61.1 cm³/mol. The Kier molecular flexibility index (Phi) is 3.26. The molecule has 0 aromatic carbocycles. The molecule has 0 spiro atoms. The van der Waals surface area contributed by atoms with Gasteiger partial charge in [-0.25, -0.2) is 0 Å². The molecule has 0 aliphatic rings. The second-order valence-corrected chi connectivity index (χ2v) is 6.85. The van der Waals surface area contributed by atoms with Gasteiger partial charge in [0, 0.05) is 16.6 Å². The monoisotopic (exact) mass is 185 g/mol. The molecule has 0 aromatic heterocycles. The molecule has 1 nitrogen and oxygen atoms in total. The van der Waals surface area contributed by atoms with Crippen LogP contribution in [-0.4, -0.2) is 21.5 Å². The van der Waals surface area contributed by atoms with Crippen LogP contribution in [-0.2, 0) is 0 Å². The fraction of sp³-hybridized carbons (Fsp3) is 1.00. The second kappa shape index (κ2) is 3.27. The zero-order valence-electron chi connectivity index (χ0n) is 10.9. The SMILES string of the molecule is CC(C)(C)N(C(C)(C)C)C(C)(C)C. The van der Waals surface area contributed by atoms with E-state index in [4.69, 9.17) is 0 Å². The Balaban J connectivity index is 5.02. The molecule has 13 heavy (non-hydrogen) atoms. The first-order chi connectivity index (χ1) is 5.37. The van der Waals surface area contributed by atoms with Gasteiger partial charge in [-0.3, -0.25) is 4.90 Å². The predicted octanol–water partition coefficient (Wildman–Crippen LogP) is 3.68. The molecule has 0 fully saturated rings. The number of nitrogens with zero attached hydrogens (tertiary/aromatic N) is 1. The second-order valence-electron chi connectivity index (χ2n) is 6.85. The largest absolute Gasteiger partial charge is 0.289 e. The highest BCUT2D eigenvalue weighted by molar-refractivity contribution is 4.94. The smallest absolute Gasteiger partial charge is 0.0135 e. The molecule has 0 rings (SSSR count). The lowest BCUT2D eigenvalue weighted by Gasteiger charge is -2.53. The molecule has 0 N–H and O–H groups in total. The molecule has 0 heterocycles. The summed E-state index contributed by atoms with van der Waals surface area (Å²) in [6, 6.07) is 0. The van der Waals surface area contributed by atoms with Gasteiger partial charge in [0.15, 0.2) is 0 Å². The van der Waals surface area contributed by atoms with Crippen LogP contribution in [0, 0.1) is 0 Å². The molecule has 1 heteroatoms. The highest BCUT2D eigenvalue weighted by Gasteiger charge is 2.38. The molecule has 0 unspecified atom stereocenters. The summed E-state index contributed by atoms with van der Waals surface area (Å²) < 4.78 is 0. The van der Waals surface area contributed by atoms with Crippen molar-refractivity contribution < 1.29 is 0 Å². The first-order valence-electron chi connectivity index (χ1n) is 5.17. The lowest BCUT2D eigenvalue weighted by atomic mass is 9.88. The molecule has 0 saturated carbocycles. The minimum Gasteiger partial charge on any atom is -0.289 e. The van der Waals surface area contributed by atoms with Crippen molar-refractivity contribution in [2.75, 3.05) is 0 Å². The highest BCUT2D eigenvalue weighted by atomic mass is 15.3. The Bertz CT molecular complexity index is 128.